The highest BCUT2D eigenvalue weighted by molar-refractivity contribution is 5.76. The molecule has 128 valence electrons. The summed E-state index contributed by atoms with van der Waals surface area (Å²) in [7, 11) is 1.71. The molecule has 0 spiro atoms. The van der Waals surface area contributed by atoms with Gasteiger partial charge >= 0.3 is 0 Å². The summed E-state index contributed by atoms with van der Waals surface area (Å²) in [6.07, 6.45) is 2.36. The topological polar surface area (TPSA) is 47.6 Å². The van der Waals surface area contributed by atoms with Gasteiger partial charge in [0.25, 0.3) is 0 Å². The van der Waals surface area contributed by atoms with Crippen LogP contribution in [0.1, 0.15) is 44.2 Å². The molecule has 0 radical (unpaired) electrons. The van der Waals surface area contributed by atoms with E-state index in [1.807, 2.05) is 6.07 Å². The van der Waals surface area contributed by atoms with Crippen molar-refractivity contribution in [3.05, 3.63) is 29.3 Å². The molecule has 23 heavy (non-hydrogen) atoms. The largest absolute Gasteiger partial charge is 0.496 e. The Bertz CT molecular complexity index is 533. The lowest BCUT2D eigenvalue weighted by atomic mass is 9.73. The molecule has 1 aromatic rings. The molecule has 1 amide bonds. The minimum atomic E-state index is -0.109. The fourth-order valence-corrected chi connectivity index (χ4v) is 3.25. The summed E-state index contributed by atoms with van der Waals surface area (Å²) in [5.41, 5.74) is 2.29. The highest BCUT2D eigenvalue weighted by Gasteiger charge is 2.37. The van der Waals surface area contributed by atoms with Gasteiger partial charge < -0.3 is 14.8 Å². The fourth-order valence-electron chi connectivity index (χ4n) is 3.25. The number of hydrogen-bond donors (Lipinski definition) is 1. The summed E-state index contributed by atoms with van der Waals surface area (Å²) in [4.78, 5) is 12.1. The van der Waals surface area contributed by atoms with Crippen LogP contribution in [-0.2, 0) is 14.9 Å². The van der Waals surface area contributed by atoms with Gasteiger partial charge in [-0.1, -0.05) is 31.5 Å². The smallest absolute Gasteiger partial charge is 0.220 e. The van der Waals surface area contributed by atoms with Crippen molar-refractivity contribution in [2.45, 2.75) is 45.4 Å². The Kier molecular flexibility index (Phi) is 6.05. The molecular weight excluding hydrogens is 290 g/mol. The highest BCUT2D eigenvalue weighted by Crippen LogP contribution is 2.40. The van der Waals surface area contributed by atoms with E-state index < -0.39 is 0 Å². The van der Waals surface area contributed by atoms with Gasteiger partial charge in [0.15, 0.2) is 0 Å². The first-order valence-electron chi connectivity index (χ1n) is 8.46. The zero-order valence-corrected chi connectivity index (χ0v) is 14.8. The van der Waals surface area contributed by atoms with Crippen molar-refractivity contribution < 1.29 is 14.3 Å². The standard InChI is InChI=1S/C19H29NO3/c1-14(2)11-18(21)20-13-19(7-9-23-10-8-19)16-12-15(3)5-6-17(16)22-4/h5-6,12,14H,7-11,13H2,1-4H3,(H,20,21). The van der Waals surface area contributed by atoms with Gasteiger partial charge in [-0.25, -0.2) is 0 Å². The monoisotopic (exact) mass is 319 g/mol. The second-order valence-electron chi connectivity index (χ2n) is 6.97. The van der Waals surface area contributed by atoms with Crippen LogP contribution in [0.3, 0.4) is 0 Å². The lowest BCUT2D eigenvalue weighted by Gasteiger charge is -2.39. The van der Waals surface area contributed by atoms with E-state index in [1.54, 1.807) is 7.11 Å². The number of methoxy groups -OCH3 is 1. The van der Waals surface area contributed by atoms with Gasteiger partial charge in [-0.3, -0.25) is 4.79 Å². The van der Waals surface area contributed by atoms with E-state index in [4.69, 9.17) is 9.47 Å². The van der Waals surface area contributed by atoms with Crippen molar-refractivity contribution in [3.63, 3.8) is 0 Å². The Hall–Kier alpha value is -1.55. The summed E-state index contributed by atoms with van der Waals surface area (Å²) in [5, 5.41) is 3.14. The lowest BCUT2D eigenvalue weighted by Crippen LogP contribution is -2.45. The molecule has 1 aliphatic rings. The Morgan fingerprint density at radius 2 is 2.04 bits per heavy atom. The third-order valence-electron chi connectivity index (χ3n) is 4.59. The van der Waals surface area contributed by atoms with Crippen LogP contribution in [0.5, 0.6) is 5.75 Å². The molecule has 0 bridgehead atoms. The van der Waals surface area contributed by atoms with Crippen LogP contribution in [0.2, 0.25) is 0 Å². The van der Waals surface area contributed by atoms with E-state index in [2.05, 4.69) is 38.2 Å². The fraction of sp³-hybridized carbons (Fsp3) is 0.632. The highest BCUT2D eigenvalue weighted by atomic mass is 16.5. The number of carbonyl (C=O) groups excluding carboxylic acids is 1. The van der Waals surface area contributed by atoms with E-state index in [0.29, 0.717) is 18.9 Å². The van der Waals surface area contributed by atoms with Gasteiger partial charge in [0.05, 0.1) is 7.11 Å². The van der Waals surface area contributed by atoms with Gasteiger partial charge in [-0.2, -0.15) is 0 Å². The maximum atomic E-state index is 12.1. The van der Waals surface area contributed by atoms with E-state index in [0.717, 1.165) is 31.8 Å². The number of rotatable bonds is 6. The number of amides is 1. The first-order valence-corrected chi connectivity index (χ1v) is 8.46. The molecule has 0 saturated carbocycles. The van der Waals surface area contributed by atoms with Crippen molar-refractivity contribution in [2.24, 2.45) is 5.92 Å². The van der Waals surface area contributed by atoms with E-state index in [9.17, 15) is 4.79 Å². The summed E-state index contributed by atoms with van der Waals surface area (Å²) >= 11 is 0. The second-order valence-corrected chi connectivity index (χ2v) is 6.97. The van der Waals surface area contributed by atoms with E-state index >= 15 is 0 Å². The van der Waals surface area contributed by atoms with Crippen LogP contribution in [0, 0.1) is 12.8 Å². The normalized spacial score (nSPS) is 17.1. The minimum absolute atomic E-state index is 0.109. The summed E-state index contributed by atoms with van der Waals surface area (Å²) in [5.74, 6) is 1.39. The van der Waals surface area contributed by atoms with E-state index in [-0.39, 0.29) is 11.3 Å². The first-order chi connectivity index (χ1) is 11.0. The zero-order chi connectivity index (χ0) is 16.9. The third-order valence-corrected chi connectivity index (χ3v) is 4.59. The Labute approximate surface area is 139 Å². The van der Waals surface area contributed by atoms with Crippen molar-refractivity contribution in [1.29, 1.82) is 0 Å². The van der Waals surface area contributed by atoms with Crippen LogP contribution in [-0.4, -0.2) is 32.8 Å². The van der Waals surface area contributed by atoms with Crippen LogP contribution in [0.15, 0.2) is 18.2 Å². The van der Waals surface area contributed by atoms with Gasteiger partial charge in [0, 0.05) is 37.2 Å². The SMILES string of the molecule is COc1ccc(C)cc1C1(CNC(=O)CC(C)C)CCOCC1. The molecule has 0 aliphatic carbocycles. The maximum Gasteiger partial charge on any atom is 0.220 e. The van der Waals surface area contributed by atoms with Gasteiger partial charge in [-0.05, 0) is 31.7 Å². The number of aryl methyl sites for hydroxylation is 1. The molecule has 1 N–H and O–H groups in total. The zero-order valence-electron chi connectivity index (χ0n) is 14.8. The Morgan fingerprint density at radius 1 is 1.35 bits per heavy atom. The molecule has 0 aromatic heterocycles. The van der Waals surface area contributed by atoms with E-state index in [1.165, 1.54) is 11.1 Å². The number of ether oxygens (including phenoxy) is 2. The second kappa shape index (κ2) is 7.82. The minimum Gasteiger partial charge on any atom is -0.496 e. The van der Waals surface area contributed by atoms with Crippen molar-refractivity contribution >= 4 is 5.91 Å². The molecule has 1 aliphatic heterocycles. The summed E-state index contributed by atoms with van der Waals surface area (Å²) in [6, 6.07) is 6.28. The van der Waals surface area contributed by atoms with Crippen LogP contribution in [0.25, 0.3) is 0 Å². The molecule has 4 nitrogen and oxygen atoms in total. The number of hydrogen-bond acceptors (Lipinski definition) is 3. The van der Waals surface area contributed by atoms with Crippen LogP contribution < -0.4 is 10.1 Å². The molecule has 1 fully saturated rings. The van der Waals surface area contributed by atoms with Crippen molar-refractivity contribution in [1.82, 2.24) is 5.32 Å². The van der Waals surface area contributed by atoms with Crippen molar-refractivity contribution in [2.75, 3.05) is 26.9 Å². The molecule has 1 saturated heterocycles. The number of carbonyl (C=O) groups is 1. The number of nitrogens with one attached hydrogen (secondary N) is 1. The van der Waals surface area contributed by atoms with Crippen LogP contribution in [0.4, 0.5) is 0 Å². The summed E-state index contributed by atoms with van der Waals surface area (Å²) in [6.45, 7) is 8.30. The molecule has 0 atom stereocenters. The predicted octanol–water partition coefficient (Wildman–Crippen LogP) is 3.21. The predicted molar refractivity (Wildman–Crippen MR) is 91.9 cm³/mol. The Morgan fingerprint density at radius 3 is 2.65 bits per heavy atom. The van der Waals surface area contributed by atoms with Gasteiger partial charge in [-0.15, -0.1) is 0 Å². The van der Waals surface area contributed by atoms with Crippen molar-refractivity contribution in [3.8, 4) is 5.75 Å². The summed E-state index contributed by atoms with van der Waals surface area (Å²) < 4.78 is 11.2. The average Bonchev–Trinajstić information content (AvgIpc) is 2.53. The molecule has 4 heteroatoms. The lowest BCUT2D eigenvalue weighted by molar-refractivity contribution is -0.122. The molecule has 2 rings (SSSR count). The average molecular weight is 319 g/mol. The Balaban J connectivity index is 2.25. The van der Waals surface area contributed by atoms with Gasteiger partial charge in [0.2, 0.25) is 5.91 Å². The quantitative estimate of drug-likeness (QED) is 0.876. The van der Waals surface area contributed by atoms with Crippen LogP contribution >= 0.6 is 0 Å². The third kappa shape index (κ3) is 4.47. The number of benzene rings is 1. The van der Waals surface area contributed by atoms with Gasteiger partial charge in [0.1, 0.15) is 5.75 Å². The molecule has 1 heterocycles. The first kappa shape index (κ1) is 17.8. The molecule has 0 unspecified atom stereocenters. The maximum absolute atomic E-state index is 12.1. The molecule has 1 aromatic carbocycles. The molecular formula is C19H29NO3.